The summed E-state index contributed by atoms with van der Waals surface area (Å²) >= 11 is 0. The molecular weight excluding hydrogens is 190 g/mol. The fourth-order valence-corrected chi connectivity index (χ4v) is 1.73. The Morgan fingerprint density at radius 2 is 2.07 bits per heavy atom. The Balaban J connectivity index is 2.58. The standard InChI is InChI=1S/C10H21N5/c1-7(2)4-8(6-11)5-9-13-10(12)15(3)14-9/h7-8H,4-6,11H2,1-3H3,(H2,12,13,14). The summed E-state index contributed by atoms with van der Waals surface area (Å²) in [7, 11) is 1.80. The van der Waals surface area contributed by atoms with Gasteiger partial charge in [-0.1, -0.05) is 13.8 Å². The van der Waals surface area contributed by atoms with E-state index in [1.807, 2.05) is 0 Å². The molecular formula is C10H21N5. The molecule has 0 aliphatic carbocycles. The van der Waals surface area contributed by atoms with Crippen LogP contribution in [0.2, 0.25) is 0 Å². The second-order valence-electron chi connectivity index (χ2n) is 4.45. The molecule has 1 unspecified atom stereocenters. The zero-order valence-electron chi connectivity index (χ0n) is 9.77. The average Bonchev–Trinajstić information content (AvgIpc) is 2.44. The molecule has 0 fully saturated rings. The second kappa shape index (κ2) is 5.11. The molecule has 1 aromatic rings. The molecule has 0 amide bonds. The molecule has 5 nitrogen and oxygen atoms in total. The van der Waals surface area contributed by atoms with Gasteiger partial charge in [0, 0.05) is 13.5 Å². The van der Waals surface area contributed by atoms with Crippen LogP contribution in [-0.4, -0.2) is 21.3 Å². The Morgan fingerprint density at radius 1 is 1.40 bits per heavy atom. The molecule has 0 radical (unpaired) electrons. The fourth-order valence-electron chi connectivity index (χ4n) is 1.73. The number of aromatic nitrogens is 3. The molecule has 1 atom stereocenters. The lowest BCUT2D eigenvalue weighted by Crippen LogP contribution is -2.19. The van der Waals surface area contributed by atoms with Crippen LogP contribution in [-0.2, 0) is 13.5 Å². The average molecular weight is 211 g/mol. The molecule has 0 aromatic carbocycles. The molecule has 1 aromatic heterocycles. The zero-order valence-corrected chi connectivity index (χ0v) is 9.77. The molecule has 0 spiro atoms. The lowest BCUT2D eigenvalue weighted by Gasteiger charge is -2.14. The Labute approximate surface area is 90.9 Å². The van der Waals surface area contributed by atoms with Gasteiger partial charge in [-0.05, 0) is 24.8 Å². The summed E-state index contributed by atoms with van der Waals surface area (Å²) in [5.41, 5.74) is 11.3. The van der Waals surface area contributed by atoms with E-state index in [0.29, 0.717) is 24.3 Å². The smallest absolute Gasteiger partial charge is 0.218 e. The predicted octanol–water partition coefficient (Wildman–Crippen LogP) is 0.561. The van der Waals surface area contributed by atoms with Crippen molar-refractivity contribution in [1.29, 1.82) is 0 Å². The van der Waals surface area contributed by atoms with Crippen LogP contribution in [0.3, 0.4) is 0 Å². The van der Waals surface area contributed by atoms with E-state index in [9.17, 15) is 0 Å². The van der Waals surface area contributed by atoms with Gasteiger partial charge in [-0.2, -0.15) is 10.1 Å². The van der Waals surface area contributed by atoms with Crippen LogP contribution in [0.15, 0.2) is 0 Å². The van der Waals surface area contributed by atoms with Crippen LogP contribution >= 0.6 is 0 Å². The van der Waals surface area contributed by atoms with Crippen molar-refractivity contribution in [2.24, 2.45) is 24.6 Å². The third-order valence-corrected chi connectivity index (χ3v) is 2.45. The maximum atomic E-state index is 5.72. The van der Waals surface area contributed by atoms with Crippen LogP contribution in [0.5, 0.6) is 0 Å². The monoisotopic (exact) mass is 211 g/mol. The molecule has 86 valence electrons. The summed E-state index contributed by atoms with van der Waals surface area (Å²) in [5.74, 6) is 2.36. The molecule has 0 aliphatic heterocycles. The first-order valence-electron chi connectivity index (χ1n) is 5.38. The van der Waals surface area contributed by atoms with Crippen molar-refractivity contribution in [3.8, 4) is 0 Å². The van der Waals surface area contributed by atoms with E-state index in [1.54, 1.807) is 11.7 Å². The minimum Gasteiger partial charge on any atom is -0.368 e. The van der Waals surface area contributed by atoms with Crippen LogP contribution in [0, 0.1) is 11.8 Å². The summed E-state index contributed by atoms with van der Waals surface area (Å²) in [5, 5.41) is 4.23. The SMILES string of the molecule is CC(C)CC(CN)Cc1nc(N)n(C)n1. The van der Waals surface area contributed by atoms with E-state index >= 15 is 0 Å². The van der Waals surface area contributed by atoms with Crippen molar-refractivity contribution in [3.63, 3.8) is 0 Å². The topological polar surface area (TPSA) is 82.7 Å². The Hall–Kier alpha value is -1.10. The normalized spacial score (nSPS) is 13.4. The molecule has 1 rings (SSSR count). The number of aryl methyl sites for hydroxylation is 1. The summed E-state index contributed by atoms with van der Waals surface area (Å²) in [4.78, 5) is 4.18. The number of nitrogens with two attached hydrogens (primary N) is 2. The number of anilines is 1. The summed E-state index contributed by atoms with van der Waals surface area (Å²) in [6, 6.07) is 0. The molecule has 0 saturated heterocycles. The largest absolute Gasteiger partial charge is 0.368 e. The van der Waals surface area contributed by atoms with Gasteiger partial charge in [0.15, 0.2) is 5.82 Å². The minimum atomic E-state index is 0.451. The first kappa shape index (κ1) is 12.0. The lowest BCUT2D eigenvalue weighted by atomic mass is 9.94. The first-order valence-corrected chi connectivity index (χ1v) is 5.38. The van der Waals surface area contributed by atoms with Crippen molar-refractivity contribution < 1.29 is 0 Å². The maximum Gasteiger partial charge on any atom is 0.218 e. The second-order valence-corrected chi connectivity index (χ2v) is 4.45. The van der Waals surface area contributed by atoms with Crippen molar-refractivity contribution >= 4 is 5.95 Å². The third kappa shape index (κ3) is 3.51. The van der Waals surface area contributed by atoms with E-state index in [4.69, 9.17) is 11.5 Å². The molecule has 4 N–H and O–H groups in total. The van der Waals surface area contributed by atoms with Crippen LogP contribution in [0.25, 0.3) is 0 Å². The third-order valence-electron chi connectivity index (χ3n) is 2.45. The van der Waals surface area contributed by atoms with Crippen LogP contribution in [0.4, 0.5) is 5.95 Å². The molecule has 0 saturated carbocycles. The lowest BCUT2D eigenvalue weighted by molar-refractivity contribution is 0.408. The molecule has 0 bridgehead atoms. The Kier molecular flexibility index (Phi) is 4.08. The number of hydrogen-bond donors (Lipinski definition) is 2. The van der Waals surface area contributed by atoms with E-state index in [2.05, 4.69) is 23.9 Å². The van der Waals surface area contributed by atoms with Gasteiger partial charge in [-0.25, -0.2) is 4.68 Å². The minimum absolute atomic E-state index is 0.451. The van der Waals surface area contributed by atoms with E-state index < -0.39 is 0 Å². The summed E-state index contributed by atoms with van der Waals surface area (Å²) in [6.45, 7) is 5.07. The van der Waals surface area contributed by atoms with Gasteiger partial charge < -0.3 is 11.5 Å². The number of nitrogen functional groups attached to an aromatic ring is 1. The zero-order chi connectivity index (χ0) is 11.4. The van der Waals surface area contributed by atoms with Gasteiger partial charge in [0.25, 0.3) is 0 Å². The van der Waals surface area contributed by atoms with Crippen LogP contribution in [0.1, 0.15) is 26.1 Å². The van der Waals surface area contributed by atoms with Crippen molar-refractivity contribution in [3.05, 3.63) is 5.82 Å². The highest BCUT2D eigenvalue weighted by atomic mass is 15.4. The highest BCUT2D eigenvalue weighted by Gasteiger charge is 2.13. The fraction of sp³-hybridized carbons (Fsp3) is 0.800. The Bertz CT molecular complexity index is 285. The Morgan fingerprint density at radius 3 is 2.47 bits per heavy atom. The van der Waals surface area contributed by atoms with Crippen molar-refractivity contribution in [2.45, 2.75) is 26.7 Å². The molecule has 5 heteroatoms. The molecule has 0 aliphatic rings. The van der Waals surface area contributed by atoms with Crippen LogP contribution < -0.4 is 11.5 Å². The molecule has 15 heavy (non-hydrogen) atoms. The summed E-state index contributed by atoms with van der Waals surface area (Å²) in [6.07, 6.45) is 1.92. The first-order chi connectivity index (χ1) is 7.02. The van der Waals surface area contributed by atoms with Gasteiger partial charge in [-0.3, -0.25) is 0 Å². The molecule has 1 heterocycles. The van der Waals surface area contributed by atoms with Gasteiger partial charge in [0.05, 0.1) is 0 Å². The highest BCUT2D eigenvalue weighted by Crippen LogP contribution is 2.14. The van der Waals surface area contributed by atoms with Gasteiger partial charge in [0.2, 0.25) is 5.95 Å². The van der Waals surface area contributed by atoms with Gasteiger partial charge in [-0.15, -0.1) is 0 Å². The quantitative estimate of drug-likeness (QED) is 0.745. The van der Waals surface area contributed by atoms with E-state index in [1.165, 1.54) is 0 Å². The number of rotatable bonds is 5. The maximum absolute atomic E-state index is 5.72. The van der Waals surface area contributed by atoms with Crippen molar-refractivity contribution in [2.75, 3.05) is 12.3 Å². The van der Waals surface area contributed by atoms with E-state index in [-0.39, 0.29) is 0 Å². The predicted molar refractivity (Wildman–Crippen MR) is 61.1 cm³/mol. The summed E-state index contributed by atoms with van der Waals surface area (Å²) < 4.78 is 1.60. The van der Waals surface area contributed by atoms with Gasteiger partial charge in [0.1, 0.15) is 0 Å². The van der Waals surface area contributed by atoms with Crippen molar-refractivity contribution in [1.82, 2.24) is 14.8 Å². The number of hydrogen-bond acceptors (Lipinski definition) is 4. The van der Waals surface area contributed by atoms with Gasteiger partial charge >= 0.3 is 0 Å². The number of nitrogens with zero attached hydrogens (tertiary/aromatic N) is 3. The highest BCUT2D eigenvalue weighted by molar-refractivity contribution is 5.15. The van der Waals surface area contributed by atoms with E-state index in [0.717, 1.165) is 18.7 Å².